The van der Waals surface area contributed by atoms with Gasteiger partial charge >= 0.3 is 0 Å². The zero-order chi connectivity index (χ0) is 16.9. The van der Waals surface area contributed by atoms with E-state index in [9.17, 15) is 0 Å². The molecular weight excluding hydrogens is 306 g/mol. The molecular formula is C18H21N3O3. The molecule has 1 atom stereocenters. The van der Waals surface area contributed by atoms with Gasteiger partial charge < -0.3 is 13.7 Å². The summed E-state index contributed by atoms with van der Waals surface area (Å²) in [7, 11) is 1.68. The average Bonchev–Trinajstić information content (AvgIpc) is 3.24. The zero-order valence-electron chi connectivity index (χ0n) is 14.2. The molecule has 6 nitrogen and oxygen atoms in total. The van der Waals surface area contributed by atoms with Gasteiger partial charge in [-0.05, 0) is 24.0 Å². The normalized spacial score (nSPS) is 12.3. The molecule has 0 bridgehead atoms. The van der Waals surface area contributed by atoms with Crippen LogP contribution < -0.4 is 4.74 Å². The summed E-state index contributed by atoms with van der Waals surface area (Å²) < 4.78 is 16.2. The van der Waals surface area contributed by atoms with Crippen LogP contribution in [0.1, 0.15) is 43.5 Å². The summed E-state index contributed by atoms with van der Waals surface area (Å²) in [5.41, 5.74) is 1.73. The molecule has 0 fully saturated rings. The SMILES string of the molecule is CCCc1nc(-c2noc(CC(C)c3ccccc3OC)n2)co1. The second kappa shape index (κ2) is 7.29. The molecule has 3 rings (SSSR count). The van der Waals surface area contributed by atoms with E-state index >= 15 is 0 Å². The Morgan fingerprint density at radius 1 is 1.17 bits per heavy atom. The smallest absolute Gasteiger partial charge is 0.227 e. The van der Waals surface area contributed by atoms with Gasteiger partial charge in [-0.25, -0.2) is 4.98 Å². The van der Waals surface area contributed by atoms with E-state index in [1.807, 2.05) is 18.2 Å². The summed E-state index contributed by atoms with van der Waals surface area (Å²) in [5.74, 6) is 2.79. The maximum absolute atomic E-state index is 5.42. The highest BCUT2D eigenvalue weighted by Gasteiger charge is 2.17. The Labute approximate surface area is 140 Å². The first kappa shape index (κ1) is 16.2. The standard InChI is InChI=1S/C18H21N3O3/c1-4-7-16-19-14(11-23-16)18-20-17(24-21-18)10-12(2)13-8-5-6-9-15(13)22-3/h5-6,8-9,11-12H,4,7,10H2,1-3H3. The Morgan fingerprint density at radius 3 is 2.79 bits per heavy atom. The Morgan fingerprint density at radius 2 is 2.00 bits per heavy atom. The van der Waals surface area contributed by atoms with Crippen LogP contribution in [0.2, 0.25) is 0 Å². The molecule has 0 radical (unpaired) electrons. The monoisotopic (exact) mass is 327 g/mol. The number of para-hydroxylation sites is 1. The van der Waals surface area contributed by atoms with Gasteiger partial charge in [0.05, 0.1) is 7.11 Å². The third kappa shape index (κ3) is 3.48. The second-order valence-corrected chi connectivity index (χ2v) is 5.74. The predicted molar refractivity (Wildman–Crippen MR) is 88.9 cm³/mol. The van der Waals surface area contributed by atoms with Crippen LogP contribution in [0.5, 0.6) is 5.75 Å². The lowest BCUT2D eigenvalue weighted by molar-refractivity contribution is 0.368. The van der Waals surface area contributed by atoms with Crippen molar-refractivity contribution in [1.82, 2.24) is 15.1 Å². The fourth-order valence-electron chi connectivity index (χ4n) is 2.63. The van der Waals surface area contributed by atoms with Gasteiger partial charge in [-0.15, -0.1) is 0 Å². The highest BCUT2D eigenvalue weighted by molar-refractivity contribution is 5.45. The minimum atomic E-state index is 0.197. The number of benzene rings is 1. The van der Waals surface area contributed by atoms with Crippen molar-refractivity contribution >= 4 is 0 Å². The maximum atomic E-state index is 5.42. The summed E-state index contributed by atoms with van der Waals surface area (Å²) in [5, 5.41) is 4.01. The highest BCUT2D eigenvalue weighted by Crippen LogP contribution is 2.28. The third-order valence-electron chi connectivity index (χ3n) is 3.86. The number of rotatable bonds is 7. The van der Waals surface area contributed by atoms with E-state index in [4.69, 9.17) is 13.7 Å². The molecule has 0 N–H and O–H groups in total. The molecule has 2 heterocycles. The molecule has 3 aromatic rings. The van der Waals surface area contributed by atoms with Gasteiger partial charge in [0.15, 0.2) is 5.89 Å². The summed E-state index contributed by atoms with van der Waals surface area (Å²) in [6.07, 6.45) is 3.99. The van der Waals surface area contributed by atoms with Crippen molar-refractivity contribution in [2.45, 2.75) is 39.0 Å². The summed E-state index contributed by atoms with van der Waals surface area (Å²) >= 11 is 0. The molecule has 126 valence electrons. The van der Waals surface area contributed by atoms with Gasteiger partial charge in [0.1, 0.15) is 17.7 Å². The van der Waals surface area contributed by atoms with Crippen molar-refractivity contribution in [3.05, 3.63) is 47.9 Å². The predicted octanol–water partition coefficient (Wildman–Crippen LogP) is 4.03. The van der Waals surface area contributed by atoms with Crippen molar-refractivity contribution in [1.29, 1.82) is 0 Å². The van der Waals surface area contributed by atoms with Crippen molar-refractivity contribution in [3.8, 4) is 17.3 Å². The lowest BCUT2D eigenvalue weighted by atomic mass is 9.97. The lowest BCUT2D eigenvalue weighted by Gasteiger charge is -2.13. The fourth-order valence-corrected chi connectivity index (χ4v) is 2.63. The molecule has 0 aliphatic carbocycles. The van der Waals surface area contributed by atoms with E-state index < -0.39 is 0 Å². The van der Waals surface area contributed by atoms with E-state index in [0.29, 0.717) is 29.7 Å². The highest BCUT2D eigenvalue weighted by atomic mass is 16.5. The summed E-state index contributed by atoms with van der Waals surface area (Å²) in [4.78, 5) is 8.81. The lowest BCUT2D eigenvalue weighted by Crippen LogP contribution is -2.01. The van der Waals surface area contributed by atoms with Crippen LogP contribution in [0.4, 0.5) is 0 Å². The first-order valence-corrected chi connectivity index (χ1v) is 8.11. The second-order valence-electron chi connectivity index (χ2n) is 5.74. The number of hydrogen-bond acceptors (Lipinski definition) is 6. The molecule has 1 aromatic carbocycles. The van der Waals surface area contributed by atoms with Crippen LogP contribution in [0, 0.1) is 0 Å². The molecule has 0 saturated heterocycles. The van der Waals surface area contributed by atoms with Gasteiger partial charge in [-0.2, -0.15) is 4.98 Å². The molecule has 2 aromatic heterocycles. The van der Waals surface area contributed by atoms with Crippen molar-refractivity contribution < 1.29 is 13.7 Å². The van der Waals surface area contributed by atoms with Crippen LogP contribution in [-0.2, 0) is 12.8 Å². The number of aryl methyl sites for hydroxylation is 1. The molecule has 6 heteroatoms. The molecule has 24 heavy (non-hydrogen) atoms. The number of oxazole rings is 1. The minimum absolute atomic E-state index is 0.197. The molecule has 0 aliphatic rings. The number of aromatic nitrogens is 3. The molecule has 0 amide bonds. The van der Waals surface area contributed by atoms with E-state index in [2.05, 4.69) is 35.0 Å². The fraction of sp³-hybridized carbons (Fsp3) is 0.389. The number of ether oxygens (including phenoxy) is 1. The van der Waals surface area contributed by atoms with Crippen LogP contribution in [0.25, 0.3) is 11.5 Å². The van der Waals surface area contributed by atoms with Gasteiger partial charge in [0.25, 0.3) is 0 Å². The topological polar surface area (TPSA) is 74.2 Å². The quantitative estimate of drug-likeness (QED) is 0.652. The van der Waals surface area contributed by atoms with Crippen LogP contribution >= 0.6 is 0 Å². The maximum Gasteiger partial charge on any atom is 0.227 e. The first-order chi connectivity index (χ1) is 11.7. The van der Waals surface area contributed by atoms with Crippen LogP contribution in [0.3, 0.4) is 0 Å². The van der Waals surface area contributed by atoms with Gasteiger partial charge in [0.2, 0.25) is 11.7 Å². The van der Waals surface area contributed by atoms with Crippen molar-refractivity contribution in [2.75, 3.05) is 7.11 Å². The molecule has 0 spiro atoms. The van der Waals surface area contributed by atoms with Crippen molar-refractivity contribution in [2.24, 2.45) is 0 Å². The van der Waals surface area contributed by atoms with Gasteiger partial charge in [-0.1, -0.05) is 37.2 Å². The minimum Gasteiger partial charge on any atom is -0.496 e. The van der Waals surface area contributed by atoms with Gasteiger partial charge in [0, 0.05) is 12.8 Å². The Bertz CT molecular complexity index is 794. The summed E-state index contributed by atoms with van der Waals surface area (Å²) in [6.45, 7) is 4.19. The zero-order valence-corrected chi connectivity index (χ0v) is 14.2. The van der Waals surface area contributed by atoms with E-state index in [1.54, 1.807) is 13.4 Å². The number of methoxy groups -OCH3 is 1. The van der Waals surface area contributed by atoms with E-state index in [1.165, 1.54) is 0 Å². The summed E-state index contributed by atoms with van der Waals surface area (Å²) in [6, 6.07) is 7.96. The largest absolute Gasteiger partial charge is 0.496 e. The Balaban J connectivity index is 1.73. The average molecular weight is 327 g/mol. The molecule has 0 saturated carbocycles. The van der Waals surface area contributed by atoms with Crippen molar-refractivity contribution in [3.63, 3.8) is 0 Å². The Kier molecular flexibility index (Phi) is 4.93. The third-order valence-corrected chi connectivity index (χ3v) is 3.86. The molecule has 0 aliphatic heterocycles. The Hall–Kier alpha value is -2.63. The van der Waals surface area contributed by atoms with Crippen LogP contribution in [0.15, 0.2) is 39.5 Å². The first-order valence-electron chi connectivity index (χ1n) is 8.11. The van der Waals surface area contributed by atoms with Crippen LogP contribution in [-0.4, -0.2) is 22.2 Å². The number of hydrogen-bond donors (Lipinski definition) is 0. The van der Waals surface area contributed by atoms with E-state index in [-0.39, 0.29) is 5.92 Å². The number of nitrogens with zero attached hydrogens (tertiary/aromatic N) is 3. The van der Waals surface area contributed by atoms with E-state index in [0.717, 1.165) is 24.2 Å². The molecule has 1 unspecified atom stereocenters. The van der Waals surface area contributed by atoms with Gasteiger partial charge in [-0.3, -0.25) is 0 Å².